The van der Waals surface area contributed by atoms with Crippen LogP contribution in [0.4, 0.5) is 0 Å². The van der Waals surface area contributed by atoms with Crippen LogP contribution in [0.3, 0.4) is 0 Å². The first-order chi connectivity index (χ1) is 8.45. The van der Waals surface area contributed by atoms with Crippen LogP contribution >= 0.6 is 34.5 Å². The van der Waals surface area contributed by atoms with E-state index in [2.05, 4.69) is 11.8 Å². The lowest BCUT2D eigenvalue weighted by atomic mass is 9.90. The standard InChI is InChI=1S/C12H15Cl2NO2S/c1-7-2-9(12(16)17)6-15(4-7)5-8-3-10(13)18-11(8)14/h3,7,9H,2,4-6H2,1H3,(H,16,17). The van der Waals surface area contributed by atoms with E-state index >= 15 is 0 Å². The molecule has 18 heavy (non-hydrogen) atoms. The van der Waals surface area contributed by atoms with Gasteiger partial charge >= 0.3 is 5.97 Å². The molecule has 1 saturated heterocycles. The zero-order valence-electron chi connectivity index (χ0n) is 10.0. The van der Waals surface area contributed by atoms with Crippen molar-refractivity contribution >= 4 is 40.5 Å². The third-order valence-electron chi connectivity index (χ3n) is 3.21. The number of nitrogens with zero attached hydrogens (tertiary/aromatic N) is 1. The molecule has 1 aromatic heterocycles. The molecule has 0 spiro atoms. The first kappa shape index (κ1) is 14.1. The summed E-state index contributed by atoms with van der Waals surface area (Å²) >= 11 is 13.4. The lowest BCUT2D eigenvalue weighted by Gasteiger charge is -2.34. The zero-order chi connectivity index (χ0) is 13.3. The van der Waals surface area contributed by atoms with Gasteiger partial charge in [-0.1, -0.05) is 30.1 Å². The number of aliphatic carboxylic acids is 1. The van der Waals surface area contributed by atoms with Crippen LogP contribution in [0, 0.1) is 11.8 Å². The van der Waals surface area contributed by atoms with Crippen molar-refractivity contribution in [1.29, 1.82) is 0 Å². The van der Waals surface area contributed by atoms with E-state index < -0.39 is 5.97 Å². The number of rotatable bonds is 3. The monoisotopic (exact) mass is 307 g/mol. The number of halogens is 2. The van der Waals surface area contributed by atoms with Crippen molar-refractivity contribution in [3.05, 3.63) is 20.3 Å². The smallest absolute Gasteiger partial charge is 0.307 e. The molecular weight excluding hydrogens is 293 g/mol. The largest absolute Gasteiger partial charge is 0.481 e. The second kappa shape index (κ2) is 5.78. The van der Waals surface area contributed by atoms with E-state index in [1.807, 2.05) is 6.07 Å². The number of carboxylic acids is 1. The second-order valence-electron chi connectivity index (χ2n) is 4.92. The van der Waals surface area contributed by atoms with E-state index in [4.69, 9.17) is 28.3 Å². The molecule has 100 valence electrons. The molecular formula is C12H15Cl2NO2S. The van der Waals surface area contributed by atoms with Crippen molar-refractivity contribution in [2.24, 2.45) is 11.8 Å². The number of carboxylic acid groups (broad SMARTS) is 1. The minimum atomic E-state index is -0.707. The predicted octanol–water partition coefficient (Wildman–Crippen LogP) is 3.60. The van der Waals surface area contributed by atoms with Gasteiger partial charge in [-0.05, 0) is 24.0 Å². The highest BCUT2D eigenvalue weighted by Crippen LogP contribution is 2.33. The van der Waals surface area contributed by atoms with Gasteiger partial charge in [0.2, 0.25) is 0 Å². The van der Waals surface area contributed by atoms with Gasteiger partial charge in [-0.3, -0.25) is 9.69 Å². The summed E-state index contributed by atoms with van der Waals surface area (Å²) in [4.78, 5) is 13.2. The van der Waals surface area contributed by atoms with Gasteiger partial charge in [0.25, 0.3) is 0 Å². The van der Waals surface area contributed by atoms with Gasteiger partial charge < -0.3 is 5.11 Å². The molecule has 2 atom stereocenters. The van der Waals surface area contributed by atoms with Crippen molar-refractivity contribution in [2.45, 2.75) is 19.9 Å². The number of hydrogen-bond donors (Lipinski definition) is 1. The maximum absolute atomic E-state index is 11.1. The molecule has 1 aromatic rings. The fraction of sp³-hybridized carbons (Fsp3) is 0.583. The molecule has 0 bridgehead atoms. The SMILES string of the molecule is CC1CC(C(=O)O)CN(Cc2cc(Cl)sc2Cl)C1. The molecule has 0 aromatic carbocycles. The highest BCUT2D eigenvalue weighted by atomic mass is 35.5. The van der Waals surface area contributed by atoms with E-state index in [-0.39, 0.29) is 5.92 Å². The first-order valence-corrected chi connectivity index (χ1v) is 7.41. The molecule has 0 amide bonds. The average molecular weight is 308 g/mol. The highest BCUT2D eigenvalue weighted by Gasteiger charge is 2.29. The van der Waals surface area contributed by atoms with Gasteiger partial charge in [0.05, 0.1) is 14.6 Å². The lowest BCUT2D eigenvalue weighted by Crippen LogP contribution is -2.41. The summed E-state index contributed by atoms with van der Waals surface area (Å²) in [5.74, 6) is -0.588. The third-order valence-corrected chi connectivity index (χ3v) is 4.77. The zero-order valence-corrected chi connectivity index (χ0v) is 12.4. The number of likely N-dealkylation sites (tertiary alicyclic amines) is 1. The second-order valence-corrected chi connectivity index (χ2v) is 7.21. The van der Waals surface area contributed by atoms with Gasteiger partial charge in [-0.2, -0.15) is 0 Å². The van der Waals surface area contributed by atoms with E-state index in [1.54, 1.807) is 0 Å². The summed E-state index contributed by atoms with van der Waals surface area (Å²) in [6.07, 6.45) is 0.754. The Morgan fingerprint density at radius 3 is 2.83 bits per heavy atom. The average Bonchev–Trinajstić information content (AvgIpc) is 2.56. The molecule has 2 unspecified atom stereocenters. The molecule has 1 aliphatic rings. The summed E-state index contributed by atoms with van der Waals surface area (Å²) < 4.78 is 1.37. The molecule has 1 fully saturated rings. The van der Waals surface area contributed by atoms with Gasteiger partial charge in [0, 0.05) is 19.6 Å². The van der Waals surface area contributed by atoms with Gasteiger partial charge in [-0.15, -0.1) is 11.3 Å². The maximum atomic E-state index is 11.1. The predicted molar refractivity (Wildman–Crippen MR) is 74.5 cm³/mol. The van der Waals surface area contributed by atoms with Crippen molar-refractivity contribution < 1.29 is 9.90 Å². The molecule has 2 rings (SSSR count). The molecule has 0 aliphatic carbocycles. The third kappa shape index (κ3) is 3.38. The van der Waals surface area contributed by atoms with Crippen LogP contribution in [0.2, 0.25) is 8.67 Å². The summed E-state index contributed by atoms with van der Waals surface area (Å²) in [6.45, 7) is 4.26. The Labute approximate surface area is 120 Å². The summed E-state index contributed by atoms with van der Waals surface area (Å²) in [5.41, 5.74) is 0.991. The Morgan fingerprint density at radius 2 is 2.28 bits per heavy atom. The van der Waals surface area contributed by atoms with Crippen LogP contribution in [0.5, 0.6) is 0 Å². The molecule has 3 nitrogen and oxygen atoms in total. The number of carbonyl (C=O) groups is 1. The minimum absolute atomic E-state index is 0.276. The maximum Gasteiger partial charge on any atom is 0.307 e. The Hall–Kier alpha value is -0.290. The quantitative estimate of drug-likeness (QED) is 0.927. The van der Waals surface area contributed by atoms with E-state index in [0.29, 0.717) is 27.7 Å². The van der Waals surface area contributed by atoms with Crippen LogP contribution in [0.15, 0.2) is 6.07 Å². The Bertz CT molecular complexity index is 449. The van der Waals surface area contributed by atoms with Crippen LogP contribution in [0.1, 0.15) is 18.9 Å². The van der Waals surface area contributed by atoms with E-state index in [9.17, 15) is 4.79 Å². The first-order valence-electron chi connectivity index (χ1n) is 5.84. The summed E-state index contributed by atoms with van der Waals surface area (Å²) in [5, 5.41) is 9.13. The topological polar surface area (TPSA) is 40.5 Å². The minimum Gasteiger partial charge on any atom is -0.481 e. The normalized spacial score (nSPS) is 25.3. The van der Waals surface area contributed by atoms with Crippen molar-refractivity contribution in [3.63, 3.8) is 0 Å². The van der Waals surface area contributed by atoms with Crippen LogP contribution < -0.4 is 0 Å². The molecule has 2 heterocycles. The van der Waals surface area contributed by atoms with Crippen LogP contribution in [0.25, 0.3) is 0 Å². The molecule has 1 aliphatic heterocycles. The molecule has 6 heteroatoms. The van der Waals surface area contributed by atoms with Crippen molar-refractivity contribution in [2.75, 3.05) is 13.1 Å². The Balaban J connectivity index is 2.04. The van der Waals surface area contributed by atoms with Gasteiger partial charge in [-0.25, -0.2) is 0 Å². The number of piperidine rings is 1. The molecule has 1 N–H and O–H groups in total. The number of thiophene rings is 1. The van der Waals surface area contributed by atoms with Crippen molar-refractivity contribution in [1.82, 2.24) is 4.90 Å². The van der Waals surface area contributed by atoms with Gasteiger partial charge in [0.15, 0.2) is 0 Å². The Kier molecular flexibility index (Phi) is 4.54. The van der Waals surface area contributed by atoms with Crippen molar-refractivity contribution in [3.8, 4) is 0 Å². The fourth-order valence-electron chi connectivity index (χ4n) is 2.49. The fourth-order valence-corrected chi connectivity index (χ4v) is 3.97. The lowest BCUT2D eigenvalue weighted by molar-refractivity contribution is -0.144. The van der Waals surface area contributed by atoms with E-state index in [1.165, 1.54) is 11.3 Å². The van der Waals surface area contributed by atoms with Crippen LogP contribution in [-0.4, -0.2) is 29.1 Å². The number of hydrogen-bond acceptors (Lipinski definition) is 3. The molecule has 0 saturated carbocycles. The van der Waals surface area contributed by atoms with E-state index in [0.717, 1.165) is 18.5 Å². The summed E-state index contributed by atoms with van der Waals surface area (Å²) in [7, 11) is 0. The Morgan fingerprint density at radius 1 is 1.56 bits per heavy atom. The molecule has 0 radical (unpaired) electrons. The highest BCUT2D eigenvalue weighted by molar-refractivity contribution is 7.20. The summed E-state index contributed by atoms with van der Waals surface area (Å²) in [6, 6.07) is 1.86. The van der Waals surface area contributed by atoms with Gasteiger partial charge in [0.1, 0.15) is 0 Å². The van der Waals surface area contributed by atoms with Crippen LogP contribution in [-0.2, 0) is 11.3 Å².